The maximum absolute atomic E-state index is 3.35. The van der Waals surface area contributed by atoms with Crippen molar-refractivity contribution >= 4 is 14.4 Å². The normalized spacial score (nSPS) is 17.7. The van der Waals surface area contributed by atoms with Crippen LogP contribution in [0.3, 0.4) is 0 Å². The average Bonchev–Trinajstić information content (AvgIpc) is 3.77. The Labute approximate surface area is 354 Å². The molecule has 0 fully saturated rings. The number of hydrogen-bond acceptors (Lipinski definition) is 0. The van der Waals surface area contributed by atoms with Crippen LogP contribution in [-0.2, 0) is 41.5 Å². The summed E-state index contributed by atoms with van der Waals surface area (Å²) in [6.45, 7) is 22.9. The van der Waals surface area contributed by atoms with Gasteiger partial charge in [0, 0.05) is 0 Å². The molecule has 0 aliphatic heterocycles. The van der Waals surface area contributed by atoms with Gasteiger partial charge in [0.15, 0.2) is 0 Å². The summed E-state index contributed by atoms with van der Waals surface area (Å²) in [5.41, 5.74) is 19.4. The monoisotopic (exact) mass is 828 g/mol. The first kappa shape index (κ1) is 43.8. The Morgan fingerprint density at radius 2 is 1.28 bits per heavy atom. The fraction of sp³-hybridized carbons (Fsp3) is 0.333. The molecule has 0 aromatic heterocycles. The summed E-state index contributed by atoms with van der Waals surface area (Å²) >= 11 is 1.46. The molecule has 0 bridgehead atoms. The van der Waals surface area contributed by atoms with Gasteiger partial charge in [0.25, 0.3) is 0 Å². The van der Waals surface area contributed by atoms with Crippen LogP contribution in [0.5, 0.6) is 0 Å². The minimum atomic E-state index is 0. The second-order valence-corrected chi connectivity index (χ2v) is 18.5. The molecule has 0 amide bonds. The molecule has 0 heterocycles. The van der Waals surface area contributed by atoms with Gasteiger partial charge in [0.05, 0.1) is 0 Å². The molecule has 0 nitrogen and oxygen atoms in total. The Morgan fingerprint density at radius 1 is 0.759 bits per heavy atom. The van der Waals surface area contributed by atoms with Gasteiger partial charge in [0.1, 0.15) is 0 Å². The summed E-state index contributed by atoms with van der Waals surface area (Å²) in [4.78, 5) is 0. The van der Waals surface area contributed by atoms with Crippen molar-refractivity contribution in [3.63, 3.8) is 0 Å². The number of fused-ring (bicyclic) bond motifs is 5. The molecular weight excluding hydrogens is 775 g/mol. The molecule has 54 heavy (non-hydrogen) atoms. The molecule has 4 aromatic carbocycles. The summed E-state index contributed by atoms with van der Waals surface area (Å²) in [6, 6.07) is 31.1. The third-order valence-corrected chi connectivity index (χ3v) is 12.8. The van der Waals surface area contributed by atoms with E-state index < -0.39 is 0 Å². The number of benzene rings is 4. The number of rotatable bonds is 3. The van der Waals surface area contributed by atoms with Gasteiger partial charge in [-0.15, -0.1) is 12.5 Å². The predicted molar refractivity (Wildman–Crippen MR) is 222 cm³/mol. The molecule has 0 saturated carbocycles. The van der Waals surface area contributed by atoms with Gasteiger partial charge >= 0.3 is 99.2 Å². The van der Waals surface area contributed by atoms with E-state index in [-0.39, 0.29) is 35.6 Å². The molecule has 1 atom stereocenters. The van der Waals surface area contributed by atoms with Crippen molar-refractivity contribution in [2.45, 2.75) is 99.3 Å². The maximum atomic E-state index is 3.35. The van der Waals surface area contributed by atoms with Crippen LogP contribution in [0.15, 0.2) is 115 Å². The van der Waals surface area contributed by atoms with Crippen molar-refractivity contribution in [3.8, 4) is 11.1 Å². The van der Waals surface area contributed by atoms with Gasteiger partial charge in [-0.1, -0.05) is 108 Å². The van der Waals surface area contributed by atoms with Crippen molar-refractivity contribution in [1.82, 2.24) is 0 Å². The van der Waals surface area contributed by atoms with Gasteiger partial charge in [0.2, 0.25) is 0 Å². The van der Waals surface area contributed by atoms with Crippen molar-refractivity contribution in [2.75, 3.05) is 0 Å². The number of halogens is 2. The Morgan fingerprint density at radius 3 is 1.76 bits per heavy atom. The van der Waals surface area contributed by atoms with Crippen LogP contribution >= 0.6 is 0 Å². The minimum absolute atomic E-state index is 0. The van der Waals surface area contributed by atoms with E-state index in [1.807, 2.05) is 0 Å². The summed E-state index contributed by atoms with van der Waals surface area (Å²) in [5, 5.41) is 0. The first-order valence-corrected chi connectivity index (χ1v) is 20.4. The average molecular weight is 831 g/mol. The first-order chi connectivity index (χ1) is 24.6. The molecule has 1 unspecified atom stereocenters. The molecular formula is C51H56Cl2Zr-2. The SMILES string of the molecule is CC1=C[CH-]C(C)(C)c2cc3c(cc21)-c1cc2c(cc1C3)C(C)(C)CC=C2C.CCC1[C-]=CC(C(C)(C)C)=C1.[Cl-].[Cl-].[Zr+2]=[C](c1ccccc1)c1ccccc1. The van der Waals surface area contributed by atoms with E-state index in [1.54, 1.807) is 0 Å². The van der Waals surface area contributed by atoms with Crippen molar-refractivity contribution in [3.05, 3.63) is 172 Å². The van der Waals surface area contributed by atoms with Crippen LogP contribution < -0.4 is 24.8 Å². The molecule has 4 aliphatic rings. The van der Waals surface area contributed by atoms with E-state index >= 15 is 0 Å². The number of hydrogen-bond donors (Lipinski definition) is 0. The molecule has 3 heteroatoms. The Hall–Kier alpha value is -2.96. The zero-order valence-electron chi connectivity index (χ0n) is 33.9. The van der Waals surface area contributed by atoms with E-state index in [0.717, 1.165) is 12.8 Å². The van der Waals surface area contributed by atoms with Crippen LogP contribution in [0.4, 0.5) is 0 Å². The molecule has 8 rings (SSSR count). The van der Waals surface area contributed by atoms with E-state index in [1.165, 1.54) is 106 Å². The van der Waals surface area contributed by atoms with Gasteiger partial charge < -0.3 is 24.8 Å². The van der Waals surface area contributed by atoms with Crippen LogP contribution in [0.25, 0.3) is 22.3 Å². The number of allylic oxidation sites excluding steroid dienone is 8. The zero-order valence-corrected chi connectivity index (χ0v) is 37.9. The van der Waals surface area contributed by atoms with Crippen LogP contribution in [0, 0.1) is 23.8 Å². The molecule has 0 radical (unpaired) electrons. The fourth-order valence-electron chi connectivity index (χ4n) is 7.76. The van der Waals surface area contributed by atoms with E-state index in [4.69, 9.17) is 0 Å². The standard InChI is InChI=1S/C27H29.C13H10.C11H17.2ClH.Zr/c1-16-7-9-26(3,4)24-12-18-11-19-13-25-21(17(2)8-10-27(25,5)6)15-23(19)22(18)14-20(16)24;1-3-7-12(8-4-1)11-13-9-5-2-6-10-13;1-5-9-6-7-10(8-9)11(2,3)4;;;/h7-9,12-15H,10-11H2,1-6H3;1-10H;7-9H,5H2,1-4H3;2*1H;/q-1;;-1;;;+2/p-2. The summed E-state index contributed by atoms with van der Waals surface area (Å²) < 4.78 is 1.42. The van der Waals surface area contributed by atoms with Crippen molar-refractivity contribution in [1.29, 1.82) is 0 Å². The van der Waals surface area contributed by atoms with Gasteiger partial charge in [-0.05, 0) is 70.2 Å². The van der Waals surface area contributed by atoms with E-state index in [2.05, 4.69) is 191 Å². The molecule has 0 spiro atoms. The second kappa shape index (κ2) is 17.5. The Balaban J connectivity index is 0.000000203. The predicted octanol–water partition coefficient (Wildman–Crippen LogP) is 7.41. The third-order valence-electron chi connectivity index (χ3n) is 11.4. The van der Waals surface area contributed by atoms with Gasteiger partial charge in [-0.25, -0.2) is 18.6 Å². The second-order valence-electron chi connectivity index (χ2n) is 17.3. The van der Waals surface area contributed by atoms with Crippen LogP contribution in [0.2, 0.25) is 0 Å². The van der Waals surface area contributed by atoms with E-state index in [0.29, 0.717) is 11.3 Å². The van der Waals surface area contributed by atoms with Crippen LogP contribution in [-0.4, -0.2) is 3.21 Å². The zero-order chi connectivity index (χ0) is 37.4. The molecule has 4 aliphatic carbocycles. The first-order valence-electron chi connectivity index (χ1n) is 19.2. The summed E-state index contributed by atoms with van der Waals surface area (Å²) in [6.07, 6.45) is 18.3. The van der Waals surface area contributed by atoms with Crippen LogP contribution in [0.1, 0.15) is 127 Å². The topological polar surface area (TPSA) is 0 Å². The fourth-order valence-corrected chi connectivity index (χ4v) is 8.58. The molecule has 0 N–H and O–H groups in total. The molecule has 280 valence electrons. The Bertz CT molecular complexity index is 1970. The van der Waals surface area contributed by atoms with E-state index in [9.17, 15) is 0 Å². The molecule has 4 aromatic rings. The van der Waals surface area contributed by atoms with Gasteiger partial charge in [-0.3, -0.25) is 6.08 Å². The Kier molecular flexibility index (Phi) is 14.1. The summed E-state index contributed by atoms with van der Waals surface area (Å²) in [5.74, 6) is 0.573. The van der Waals surface area contributed by atoms with Crippen molar-refractivity contribution in [2.24, 2.45) is 11.3 Å². The molecule has 0 saturated heterocycles. The third kappa shape index (κ3) is 9.35. The summed E-state index contributed by atoms with van der Waals surface area (Å²) in [7, 11) is 0. The quantitative estimate of drug-likeness (QED) is 0.167. The van der Waals surface area contributed by atoms with Gasteiger partial charge in [-0.2, -0.15) is 17.2 Å². The van der Waals surface area contributed by atoms with Crippen molar-refractivity contribution < 1.29 is 49.0 Å².